The Morgan fingerprint density at radius 3 is 2.69 bits per heavy atom. The molecule has 35 heavy (non-hydrogen) atoms. The van der Waals surface area contributed by atoms with Crippen molar-refractivity contribution in [1.82, 2.24) is 35.0 Å². The molecule has 174 valence electrons. The topological polar surface area (TPSA) is 98.5 Å². The Morgan fingerprint density at radius 2 is 1.89 bits per heavy atom. The van der Waals surface area contributed by atoms with Gasteiger partial charge in [-0.25, -0.2) is 4.98 Å². The molecule has 5 rings (SSSR count). The molecule has 0 saturated heterocycles. The Bertz CT molecular complexity index is 1440. The van der Waals surface area contributed by atoms with Gasteiger partial charge < -0.3 is 5.32 Å². The molecule has 0 aliphatic heterocycles. The number of nitrogens with one attached hydrogen (secondary N) is 1. The fourth-order valence-corrected chi connectivity index (χ4v) is 5.24. The summed E-state index contributed by atoms with van der Waals surface area (Å²) in [7, 11) is 0. The molecule has 0 aliphatic carbocycles. The van der Waals surface area contributed by atoms with Crippen LogP contribution < -0.4 is 5.32 Å². The third kappa shape index (κ3) is 5.40. The van der Waals surface area contributed by atoms with Gasteiger partial charge in [-0.3, -0.25) is 19.3 Å². The number of amides is 1. The highest BCUT2D eigenvalue weighted by atomic mass is 35.5. The highest BCUT2D eigenvalue weighted by molar-refractivity contribution is 7.98. The van der Waals surface area contributed by atoms with E-state index in [1.165, 1.54) is 23.1 Å². The van der Waals surface area contributed by atoms with Crippen molar-refractivity contribution in [3.8, 4) is 17.1 Å². The molecule has 4 heterocycles. The second-order valence-electron chi connectivity index (χ2n) is 7.29. The minimum atomic E-state index is -0.222. The summed E-state index contributed by atoms with van der Waals surface area (Å²) in [4.78, 5) is 25.1. The Morgan fingerprint density at radius 1 is 1.03 bits per heavy atom. The van der Waals surface area contributed by atoms with Crippen molar-refractivity contribution in [2.45, 2.75) is 17.5 Å². The molecule has 11 heteroatoms. The molecular weight excluding hydrogens is 502 g/mol. The smallest absolute Gasteiger partial charge is 0.271 e. The number of rotatable bonds is 8. The predicted molar refractivity (Wildman–Crippen MR) is 137 cm³/mol. The van der Waals surface area contributed by atoms with Crippen LogP contribution >= 0.6 is 34.7 Å². The number of para-hydroxylation sites is 1. The van der Waals surface area contributed by atoms with E-state index in [2.05, 4.69) is 30.5 Å². The summed E-state index contributed by atoms with van der Waals surface area (Å²) >= 11 is 9.43. The van der Waals surface area contributed by atoms with Crippen molar-refractivity contribution in [3.63, 3.8) is 0 Å². The highest BCUT2D eigenvalue weighted by Crippen LogP contribution is 2.32. The van der Waals surface area contributed by atoms with Gasteiger partial charge in [0.15, 0.2) is 11.0 Å². The Balaban J connectivity index is 1.33. The van der Waals surface area contributed by atoms with Crippen LogP contribution in [0.1, 0.15) is 21.1 Å². The lowest BCUT2D eigenvalue weighted by atomic mass is 10.2. The number of thioether (sulfide) groups is 1. The third-order valence-corrected chi connectivity index (χ3v) is 7.24. The first-order chi connectivity index (χ1) is 17.2. The van der Waals surface area contributed by atoms with Crippen LogP contribution in [0.2, 0.25) is 5.02 Å². The van der Waals surface area contributed by atoms with Crippen LogP contribution in [0.3, 0.4) is 0 Å². The van der Waals surface area contributed by atoms with Gasteiger partial charge in [0.05, 0.1) is 16.5 Å². The fourth-order valence-electron chi connectivity index (χ4n) is 3.28. The zero-order valence-electron chi connectivity index (χ0n) is 18.2. The molecule has 5 aromatic rings. The molecule has 0 spiro atoms. The summed E-state index contributed by atoms with van der Waals surface area (Å²) in [5.74, 6) is 0.970. The standard InChI is InChI=1S/C24H18ClN7OS2/c25-18-5-1-2-6-20(18)32-22(17-7-10-26-11-8-17)30-31-24(32)35-15-21-29-19(14-34-21)23(33)28-13-16-4-3-9-27-12-16/h1-12,14H,13,15H2,(H,28,33). The number of hydrogen-bond donors (Lipinski definition) is 1. The number of carbonyl (C=O) groups is 1. The third-order valence-electron chi connectivity index (χ3n) is 4.95. The van der Waals surface area contributed by atoms with Crippen LogP contribution in [0.15, 0.2) is 83.9 Å². The minimum absolute atomic E-state index is 0.222. The summed E-state index contributed by atoms with van der Waals surface area (Å²) in [6.45, 7) is 0.396. The highest BCUT2D eigenvalue weighted by Gasteiger charge is 2.19. The van der Waals surface area contributed by atoms with Gasteiger partial charge in [-0.15, -0.1) is 21.5 Å². The van der Waals surface area contributed by atoms with Crippen molar-refractivity contribution in [3.05, 3.63) is 100.0 Å². The van der Waals surface area contributed by atoms with Gasteiger partial charge >= 0.3 is 0 Å². The number of aromatic nitrogens is 6. The molecule has 4 aromatic heterocycles. The largest absolute Gasteiger partial charge is 0.347 e. The maximum atomic E-state index is 12.5. The number of nitrogens with zero attached hydrogens (tertiary/aromatic N) is 6. The van der Waals surface area contributed by atoms with E-state index in [0.29, 0.717) is 34.0 Å². The number of pyridine rings is 2. The van der Waals surface area contributed by atoms with E-state index >= 15 is 0 Å². The minimum Gasteiger partial charge on any atom is -0.347 e. The maximum absolute atomic E-state index is 12.5. The van der Waals surface area contributed by atoms with Crippen LogP contribution in [-0.2, 0) is 12.3 Å². The summed E-state index contributed by atoms with van der Waals surface area (Å²) in [6, 6.07) is 15.1. The van der Waals surface area contributed by atoms with Crippen LogP contribution in [0.4, 0.5) is 0 Å². The molecule has 0 radical (unpaired) electrons. The number of thiazole rings is 1. The molecule has 0 unspecified atom stereocenters. The van der Waals surface area contributed by atoms with Crippen molar-refractivity contribution in [2.75, 3.05) is 0 Å². The summed E-state index contributed by atoms with van der Waals surface area (Å²) in [6.07, 6.45) is 6.84. The average molecular weight is 520 g/mol. The van der Waals surface area contributed by atoms with Crippen molar-refractivity contribution in [2.24, 2.45) is 0 Å². The van der Waals surface area contributed by atoms with Crippen LogP contribution in [0, 0.1) is 0 Å². The second kappa shape index (κ2) is 10.8. The zero-order chi connectivity index (χ0) is 24.0. The van der Waals surface area contributed by atoms with Gasteiger partial charge in [0.2, 0.25) is 0 Å². The summed E-state index contributed by atoms with van der Waals surface area (Å²) < 4.78 is 1.93. The molecule has 0 saturated carbocycles. The molecule has 0 atom stereocenters. The Hall–Kier alpha value is -3.60. The second-order valence-corrected chi connectivity index (χ2v) is 9.58. The molecule has 8 nitrogen and oxygen atoms in total. The van der Waals surface area contributed by atoms with Gasteiger partial charge in [0.1, 0.15) is 10.7 Å². The summed E-state index contributed by atoms with van der Waals surface area (Å²) in [5, 5.41) is 15.5. The molecule has 0 bridgehead atoms. The van der Waals surface area contributed by atoms with Crippen LogP contribution in [-0.4, -0.2) is 35.6 Å². The van der Waals surface area contributed by atoms with E-state index in [1.807, 2.05) is 53.1 Å². The lowest BCUT2D eigenvalue weighted by Crippen LogP contribution is -2.23. The van der Waals surface area contributed by atoms with Gasteiger partial charge in [0.25, 0.3) is 5.91 Å². The van der Waals surface area contributed by atoms with E-state index < -0.39 is 0 Å². The maximum Gasteiger partial charge on any atom is 0.271 e. The van der Waals surface area contributed by atoms with Crippen molar-refractivity contribution in [1.29, 1.82) is 0 Å². The molecular formula is C24H18ClN7OS2. The Kier molecular flexibility index (Phi) is 7.12. The van der Waals surface area contributed by atoms with Crippen molar-refractivity contribution >= 4 is 40.6 Å². The molecule has 1 aromatic carbocycles. The van der Waals surface area contributed by atoms with Gasteiger partial charge in [0, 0.05) is 42.3 Å². The van der Waals surface area contributed by atoms with E-state index in [9.17, 15) is 4.79 Å². The average Bonchev–Trinajstić information content (AvgIpc) is 3.55. The number of halogens is 1. The monoisotopic (exact) mass is 519 g/mol. The first kappa shape index (κ1) is 23.2. The lowest BCUT2D eigenvalue weighted by molar-refractivity contribution is 0.0946. The van der Waals surface area contributed by atoms with E-state index in [-0.39, 0.29) is 5.91 Å². The lowest BCUT2D eigenvalue weighted by Gasteiger charge is -2.11. The van der Waals surface area contributed by atoms with E-state index in [0.717, 1.165) is 21.8 Å². The first-order valence-corrected chi connectivity index (χ1v) is 12.8. The van der Waals surface area contributed by atoms with E-state index in [4.69, 9.17) is 11.6 Å². The number of carbonyl (C=O) groups excluding carboxylic acids is 1. The van der Waals surface area contributed by atoms with Gasteiger partial charge in [-0.1, -0.05) is 41.6 Å². The fraction of sp³-hybridized carbons (Fsp3) is 0.0833. The van der Waals surface area contributed by atoms with Gasteiger partial charge in [-0.2, -0.15) is 0 Å². The van der Waals surface area contributed by atoms with Crippen molar-refractivity contribution < 1.29 is 4.79 Å². The molecule has 1 N–H and O–H groups in total. The zero-order valence-corrected chi connectivity index (χ0v) is 20.6. The van der Waals surface area contributed by atoms with Crippen LogP contribution in [0.25, 0.3) is 17.1 Å². The SMILES string of the molecule is O=C(NCc1cccnc1)c1csc(CSc2nnc(-c3ccncc3)n2-c2ccccc2Cl)n1. The first-order valence-electron chi connectivity index (χ1n) is 10.5. The molecule has 0 aliphatic rings. The Labute approximate surface area is 214 Å². The number of hydrogen-bond acceptors (Lipinski definition) is 8. The van der Waals surface area contributed by atoms with Crippen LogP contribution in [0.5, 0.6) is 0 Å². The quantitative estimate of drug-likeness (QED) is 0.286. The van der Waals surface area contributed by atoms with E-state index in [1.54, 1.807) is 30.2 Å². The molecule has 0 fully saturated rings. The number of benzene rings is 1. The van der Waals surface area contributed by atoms with Gasteiger partial charge in [-0.05, 0) is 35.9 Å². The molecule has 1 amide bonds. The summed E-state index contributed by atoms with van der Waals surface area (Å²) in [5.41, 5.74) is 2.97. The normalized spacial score (nSPS) is 10.9. The predicted octanol–water partition coefficient (Wildman–Crippen LogP) is 5.06.